The number of carbonyl (C=O) groups excluding carboxylic acids is 1. The van der Waals surface area contributed by atoms with Crippen LogP contribution in [0.2, 0.25) is 5.02 Å². The van der Waals surface area contributed by atoms with E-state index >= 15 is 0 Å². The highest BCUT2D eigenvalue weighted by Crippen LogP contribution is 2.20. The van der Waals surface area contributed by atoms with Gasteiger partial charge in [0.2, 0.25) is 5.91 Å². The summed E-state index contributed by atoms with van der Waals surface area (Å²) < 4.78 is 5.37. The number of hydrogen-bond acceptors (Lipinski definition) is 4. The summed E-state index contributed by atoms with van der Waals surface area (Å²) in [5.41, 5.74) is 2.66. The number of piperazine rings is 1. The first-order valence-corrected chi connectivity index (χ1v) is 9.15. The summed E-state index contributed by atoms with van der Waals surface area (Å²) >= 11 is 6.16. The van der Waals surface area contributed by atoms with Crippen LogP contribution < -0.4 is 0 Å². The van der Waals surface area contributed by atoms with Crippen molar-refractivity contribution in [3.8, 4) is 0 Å². The lowest BCUT2D eigenvalue weighted by molar-refractivity contribution is -0.132. The van der Waals surface area contributed by atoms with E-state index in [2.05, 4.69) is 10.1 Å². The Hall–Kier alpha value is -2.37. The van der Waals surface area contributed by atoms with Crippen molar-refractivity contribution in [3.63, 3.8) is 0 Å². The average molecular weight is 370 g/mol. The van der Waals surface area contributed by atoms with Gasteiger partial charge in [0.1, 0.15) is 5.69 Å². The van der Waals surface area contributed by atoms with Crippen molar-refractivity contribution in [1.29, 1.82) is 0 Å². The lowest BCUT2D eigenvalue weighted by atomic mass is 10.1. The van der Waals surface area contributed by atoms with Crippen LogP contribution in [0.5, 0.6) is 0 Å². The summed E-state index contributed by atoms with van der Waals surface area (Å²) in [7, 11) is 0. The molecule has 0 atom stereocenters. The normalized spacial score (nSPS) is 15.5. The largest absolute Gasteiger partial charge is 0.356 e. The molecule has 1 amide bonds. The van der Waals surface area contributed by atoms with E-state index < -0.39 is 0 Å². The quantitative estimate of drug-likeness (QED) is 0.707. The highest BCUT2D eigenvalue weighted by atomic mass is 35.5. The van der Waals surface area contributed by atoms with Crippen LogP contribution in [0.1, 0.15) is 11.3 Å². The van der Waals surface area contributed by atoms with E-state index in [-0.39, 0.29) is 5.91 Å². The van der Waals surface area contributed by atoms with Crippen molar-refractivity contribution >= 4 is 28.5 Å². The molecule has 0 N–H and O–H groups in total. The van der Waals surface area contributed by atoms with Crippen LogP contribution in [0, 0.1) is 0 Å². The molecule has 1 saturated heterocycles. The summed E-state index contributed by atoms with van der Waals surface area (Å²) in [5.74, 6) is 0.129. The Morgan fingerprint density at radius 3 is 2.58 bits per heavy atom. The molecule has 0 radical (unpaired) electrons. The lowest BCUT2D eigenvalue weighted by Crippen LogP contribution is -2.48. The van der Waals surface area contributed by atoms with Crippen LogP contribution in [-0.4, -0.2) is 47.0 Å². The molecule has 1 aliphatic rings. The molecular weight excluding hydrogens is 350 g/mol. The van der Waals surface area contributed by atoms with Crippen molar-refractivity contribution in [2.24, 2.45) is 0 Å². The van der Waals surface area contributed by atoms with E-state index in [1.807, 2.05) is 53.4 Å². The summed E-state index contributed by atoms with van der Waals surface area (Å²) in [5, 5.41) is 5.91. The van der Waals surface area contributed by atoms with Gasteiger partial charge in [-0.3, -0.25) is 9.69 Å². The number of amides is 1. The summed E-state index contributed by atoms with van der Waals surface area (Å²) in [6, 6.07) is 15.4. The first kappa shape index (κ1) is 17.1. The van der Waals surface area contributed by atoms with E-state index in [1.165, 1.54) is 0 Å². The molecule has 3 aromatic rings. The highest BCUT2D eigenvalue weighted by Gasteiger charge is 2.23. The van der Waals surface area contributed by atoms with Crippen LogP contribution in [0.4, 0.5) is 0 Å². The Kier molecular flexibility index (Phi) is 4.91. The fourth-order valence-electron chi connectivity index (χ4n) is 3.34. The Morgan fingerprint density at radius 2 is 1.77 bits per heavy atom. The number of halogens is 1. The molecular formula is C20H20ClN3O2. The molecule has 1 fully saturated rings. The highest BCUT2D eigenvalue weighted by molar-refractivity contribution is 6.31. The predicted octanol–water partition coefficient (Wildman–Crippen LogP) is 3.37. The molecule has 1 aromatic heterocycles. The number of carbonyl (C=O) groups is 1. The SMILES string of the molecule is O=C(Cc1ccccc1Cl)N1CCN(Cc2noc3ccccc23)CC1. The second kappa shape index (κ2) is 7.48. The van der Waals surface area contributed by atoms with Gasteiger partial charge in [0.05, 0.1) is 6.42 Å². The zero-order valence-electron chi connectivity index (χ0n) is 14.4. The maximum Gasteiger partial charge on any atom is 0.227 e. The molecule has 134 valence electrons. The third kappa shape index (κ3) is 3.59. The van der Waals surface area contributed by atoms with E-state index in [0.29, 0.717) is 11.4 Å². The first-order chi connectivity index (χ1) is 12.7. The molecule has 2 heterocycles. The monoisotopic (exact) mass is 369 g/mol. The van der Waals surface area contributed by atoms with E-state index in [1.54, 1.807) is 0 Å². The topological polar surface area (TPSA) is 49.6 Å². The van der Waals surface area contributed by atoms with Gasteiger partial charge >= 0.3 is 0 Å². The number of nitrogens with zero attached hydrogens (tertiary/aromatic N) is 3. The zero-order valence-corrected chi connectivity index (χ0v) is 15.2. The van der Waals surface area contributed by atoms with Crippen molar-refractivity contribution in [1.82, 2.24) is 15.0 Å². The van der Waals surface area contributed by atoms with Gasteiger partial charge in [0, 0.05) is 43.1 Å². The Balaban J connectivity index is 1.34. The first-order valence-electron chi connectivity index (χ1n) is 8.77. The molecule has 5 nitrogen and oxygen atoms in total. The second-order valence-electron chi connectivity index (χ2n) is 6.55. The molecule has 0 aliphatic carbocycles. The van der Waals surface area contributed by atoms with Gasteiger partial charge in [-0.2, -0.15) is 0 Å². The third-order valence-electron chi connectivity index (χ3n) is 4.85. The average Bonchev–Trinajstić information content (AvgIpc) is 3.07. The Labute approximate surface area is 157 Å². The van der Waals surface area contributed by atoms with Crippen molar-refractivity contribution in [2.75, 3.05) is 26.2 Å². The van der Waals surface area contributed by atoms with Gasteiger partial charge in [0.25, 0.3) is 0 Å². The minimum absolute atomic E-state index is 0.129. The van der Waals surface area contributed by atoms with Crippen LogP contribution in [0.15, 0.2) is 53.1 Å². The van der Waals surface area contributed by atoms with Gasteiger partial charge in [-0.05, 0) is 23.8 Å². The van der Waals surface area contributed by atoms with Crippen LogP contribution in [0.3, 0.4) is 0 Å². The number of para-hydroxylation sites is 1. The fraction of sp³-hybridized carbons (Fsp3) is 0.300. The molecule has 2 aromatic carbocycles. The number of aromatic nitrogens is 1. The number of rotatable bonds is 4. The van der Waals surface area contributed by atoms with E-state index in [0.717, 1.165) is 55.0 Å². The molecule has 1 aliphatic heterocycles. The van der Waals surface area contributed by atoms with Crippen LogP contribution in [0.25, 0.3) is 11.0 Å². The minimum atomic E-state index is 0.129. The summed E-state index contributed by atoms with van der Waals surface area (Å²) in [6.45, 7) is 3.84. The minimum Gasteiger partial charge on any atom is -0.356 e. The molecule has 0 saturated carbocycles. The maximum atomic E-state index is 12.5. The predicted molar refractivity (Wildman–Crippen MR) is 101 cm³/mol. The Morgan fingerprint density at radius 1 is 1.04 bits per heavy atom. The van der Waals surface area contributed by atoms with Crippen LogP contribution in [-0.2, 0) is 17.8 Å². The maximum absolute atomic E-state index is 12.5. The molecule has 0 bridgehead atoms. The second-order valence-corrected chi connectivity index (χ2v) is 6.96. The van der Waals surface area contributed by atoms with Gasteiger partial charge < -0.3 is 9.42 Å². The zero-order chi connectivity index (χ0) is 17.9. The van der Waals surface area contributed by atoms with E-state index in [9.17, 15) is 4.79 Å². The third-order valence-corrected chi connectivity index (χ3v) is 5.22. The molecule has 0 spiro atoms. The summed E-state index contributed by atoms with van der Waals surface area (Å²) in [4.78, 5) is 16.8. The molecule has 26 heavy (non-hydrogen) atoms. The van der Waals surface area contributed by atoms with Gasteiger partial charge in [-0.1, -0.05) is 47.1 Å². The standard InChI is InChI=1S/C20H20ClN3O2/c21-17-7-3-1-5-15(17)13-20(25)24-11-9-23(10-12-24)14-18-16-6-2-4-8-19(16)26-22-18/h1-8H,9-14H2. The van der Waals surface area contributed by atoms with Crippen molar-refractivity contribution in [3.05, 3.63) is 64.8 Å². The summed E-state index contributed by atoms with van der Waals surface area (Å²) in [6.07, 6.45) is 0.355. The van der Waals surface area contributed by atoms with Gasteiger partial charge in [-0.25, -0.2) is 0 Å². The molecule has 0 unspecified atom stereocenters. The van der Waals surface area contributed by atoms with Gasteiger partial charge in [0.15, 0.2) is 5.58 Å². The van der Waals surface area contributed by atoms with Crippen LogP contribution >= 0.6 is 11.6 Å². The fourth-order valence-corrected chi connectivity index (χ4v) is 3.54. The van der Waals surface area contributed by atoms with Crippen molar-refractivity contribution in [2.45, 2.75) is 13.0 Å². The number of hydrogen-bond donors (Lipinski definition) is 0. The Bertz CT molecular complexity index is 916. The number of fused-ring (bicyclic) bond motifs is 1. The molecule has 6 heteroatoms. The smallest absolute Gasteiger partial charge is 0.227 e. The lowest BCUT2D eigenvalue weighted by Gasteiger charge is -2.34. The van der Waals surface area contributed by atoms with Gasteiger partial charge in [-0.15, -0.1) is 0 Å². The molecule has 4 rings (SSSR count). The van der Waals surface area contributed by atoms with Crippen molar-refractivity contribution < 1.29 is 9.32 Å². The van der Waals surface area contributed by atoms with E-state index in [4.69, 9.17) is 16.1 Å². The number of benzene rings is 2.